The maximum absolute atomic E-state index is 13.5. The zero-order valence-corrected chi connectivity index (χ0v) is 14.2. The molecule has 5 fully saturated rings. The lowest BCUT2D eigenvalue weighted by atomic mass is 9.56. The minimum Gasteiger partial charge on any atom is -0.435 e. The van der Waals surface area contributed by atoms with E-state index >= 15 is 0 Å². The fourth-order valence-electron chi connectivity index (χ4n) is 5.71. The number of alkyl halides is 1. The highest BCUT2D eigenvalue weighted by Gasteiger charge is 2.77. The van der Waals surface area contributed by atoms with E-state index in [4.69, 9.17) is 16.3 Å². The SMILES string of the molecule is O=C1O[C@@]23[C@@H]4CCC[C@]2(Cl)CCCN3C(=O)[C@]1(c1ccccc1)C4. The topological polar surface area (TPSA) is 46.6 Å². The van der Waals surface area contributed by atoms with Gasteiger partial charge in [-0.3, -0.25) is 9.59 Å². The lowest BCUT2D eigenvalue weighted by molar-refractivity contribution is -0.278. The molecule has 1 aromatic rings. The summed E-state index contributed by atoms with van der Waals surface area (Å²) in [4.78, 5) is 27.8. The first-order valence-electron chi connectivity index (χ1n) is 8.85. The molecule has 0 N–H and O–H groups in total. The van der Waals surface area contributed by atoms with Crippen LogP contribution in [0.5, 0.6) is 0 Å². The number of esters is 1. The van der Waals surface area contributed by atoms with E-state index in [2.05, 4.69) is 0 Å². The Kier molecular flexibility index (Phi) is 2.79. The molecule has 0 aromatic heterocycles. The van der Waals surface area contributed by atoms with Gasteiger partial charge in [-0.05, 0) is 37.7 Å². The first kappa shape index (κ1) is 14.8. The van der Waals surface area contributed by atoms with Crippen LogP contribution in [0, 0.1) is 5.92 Å². The molecule has 1 spiro atoms. The number of hydrogen-bond donors (Lipinski definition) is 0. The summed E-state index contributed by atoms with van der Waals surface area (Å²) in [5, 5.41) is 0. The minimum absolute atomic E-state index is 0.104. The molecule has 24 heavy (non-hydrogen) atoms. The number of halogens is 1. The van der Waals surface area contributed by atoms with E-state index in [0.717, 1.165) is 37.7 Å². The molecule has 4 atom stereocenters. The van der Waals surface area contributed by atoms with Gasteiger partial charge < -0.3 is 9.64 Å². The second kappa shape index (κ2) is 4.54. The van der Waals surface area contributed by atoms with Gasteiger partial charge in [-0.15, -0.1) is 11.6 Å². The average molecular weight is 346 g/mol. The normalized spacial score (nSPS) is 43.4. The Balaban J connectivity index is 1.73. The maximum atomic E-state index is 13.5. The van der Waals surface area contributed by atoms with E-state index in [1.54, 1.807) is 0 Å². The molecule has 1 amide bonds. The largest absolute Gasteiger partial charge is 0.435 e. The van der Waals surface area contributed by atoms with Crippen LogP contribution in [0.2, 0.25) is 0 Å². The highest BCUT2D eigenvalue weighted by molar-refractivity contribution is 6.26. The average Bonchev–Trinajstić information content (AvgIpc) is 2.58. The van der Waals surface area contributed by atoms with Crippen molar-refractivity contribution in [3.05, 3.63) is 35.9 Å². The van der Waals surface area contributed by atoms with E-state index in [1.165, 1.54) is 0 Å². The highest BCUT2D eigenvalue weighted by Crippen LogP contribution is 2.64. The quantitative estimate of drug-likeness (QED) is 0.446. The Morgan fingerprint density at radius 3 is 2.67 bits per heavy atom. The van der Waals surface area contributed by atoms with E-state index in [1.807, 2.05) is 35.2 Å². The first-order chi connectivity index (χ1) is 11.5. The van der Waals surface area contributed by atoms with Gasteiger partial charge in [0.2, 0.25) is 11.6 Å². The molecule has 0 unspecified atom stereocenters. The molecule has 4 saturated heterocycles. The van der Waals surface area contributed by atoms with E-state index in [0.29, 0.717) is 13.0 Å². The highest BCUT2D eigenvalue weighted by atomic mass is 35.5. The van der Waals surface area contributed by atoms with Gasteiger partial charge in [0.1, 0.15) is 4.87 Å². The van der Waals surface area contributed by atoms with Crippen molar-refractivity contribution >= 4 is 23.5 Å². The number of carbonyl (C=O) groups excluding carboxylic acids is 2. The van der Waals surface area contributed by atoms with Gasteiger partial charge in [0.15, 0.2) is 5.41 Å². The standard InChI is InChI=1S/C19H20ClNO3/c20-17-9-4-8-14-12-18(13-6-2-1-3-7-13)15(22)21(11-5-10-17)19(14,17)24-16(18)23/h1-3,6-7,14H,4-5,8-12H2/t14-,17+,18-,19+/m1/s1. The summed E-state index contributed by atoms with van der Waals surface area (Å²) in [5.74, 6) is -0.382. The second-order valence-corrected chi connectivity index (χ2v) is 8.40. The van der Waals surface area contributed by atoms with Gasteiger partial charge in [0.05, 0.1) is 0 Å². The van der Waals surface area contributed by atoms with Crippen molar-refractivity contribution in [1.82, 2.24) is 4.90 Å². The molecule has 1 aliphatic carbocycles. The molecule has 2 bridgehead atoms. The summed E-state index contributed by atoms with van der Waals surface area (Å²) in [7, 11) is 0. The van der Waals surface area contributed by atoms with Crippen molar-refractivity contribution < 1.29 is 14.3 Å². The molecule has 5 aliphatic rings. The van der Waals surface area contributed by atoms with Gasteiger partial charge in [-0.25, -0.2) is 0 Å². The van der Waals surface area contributed by atoms with Gasteiger partial charge in [0, 0.05) is 12.5 Å². The monoisotopic (exact) mass is 345 g/mol. The summed E-state index contributed by atoms with van der Waals surface area (Å²) in [6.07, 6.45) is 4.99. The van der Waals surface area contributed by atoms with Crippen LogP contribution < -0.4 is 0 Å². The smallest absolute Gasteiger partial charge is 0.328 e. The van der Waals surface area contributed by atoms with Crippen LogP contribution in [0.1, 0.15) is 44.1 Å². The van der Waals surface area contributed by atoms with Crippen LogP contribution >= 0.6 is 11.6 Å². The second-order valence-electron chi connectivity index (χ2n) is 7.68. The molecule has 4 nitrogen and oxygen atoms in total. The Morgan fingerprint density at radius 1 is 1.12 bits per heavy atom. The number of hydrogen-bond acceptors (Lipinski definition) is 3. The Morgan fingerprint density at radius 2 is 1.88 bits per heavy atom. The number of benzene rings is 1. The molecule has 1 aromatic carbocycles. The molecule has 0 radical (unpaired) electrons. The molecular formula is C19H20ClNO3. The molecule has 126 valence electrons. The Hall–Kier alpha value is -1.55. The van der Waals surface area contributed by atoms with Crippen LogP contribution in [0.25, 0.3) is 0 Å². The van der Waals surface area contributed by atoms with Crippen LogP contribution in [0.15, 0.2) is 30.3 Å². The van der Waals surface area contributed by atoms with Gasteiger partial charge in [0.25, 0.3) is 0 Å². The van der Waals surface area contributed by atoms with Crippen molar-refractivity contribution in [2.24, 2.45) is 5.92 Å². The zero-order chi connectivity index (χ0) is 16.6. The number of carbonyl (C=O) groups is 2. The molecule has 4 aliphatic heterocycles. The number of amides is 1. The summed E-state index contributed by atoms with van der Waals surface area (Å²) in [5.41, 5.74) is -1.35. The van der Waals surface area contributed by atoms with E-state index < -0.39 is 22.0 Å². The fourth-order valence-corrected chi connectivity index (χ4v) is 6.27. The van der Waals surface area contributed by atoms with E-state index in [-0.39, 0.29) is 11.8 Å². The summed E-state index contributed by atoms with van der Waals surface area (Å²) >= 11 is 7.01. The van der Waals surface area contributed by atoms with Crippen LogP contribution in [0.3, 0.4) is 0 Å². The third kappa shape index (κ3) is 1.43. The van der Waals surface area contributed by atoms with Crippen LogP contribution in [0.4, 0.5) is 0 Å². The number of ether oxygens (including phenoxy) is 1. The van der Waals surface area contributed by atoms with Crippen LogP contribution in [-0.2, 0) is 19.7 Å². The fraction of sp³-hybridized carbons (Fsp3) is 0.579. The Labute approximate surface area is 146 Å². The number of piperidine rings is 2. The maximum Gasteiger partial charge on any atom is 0.328 e. The summed E-state index contributed by atoms with van der Waals surface area (Å²) < 4.78 is 6.11. The number of nitrogens with zero attached hydrogens (tertiary/aromatic N) is 1. The molecule has 5 heteroatoms. The Bertz CT molecular complexity index is 733. The van der Waals surface area contributed by atoms with Crippen molar-refractivity contribution in [3.8, 4) is 0 Å². The third-order valence-electron chi connectivity index (χ3n) is 6.70. The third-order valence-corrected chi connectivity index (χ3v) is 7.35. The molecule has 4 heterocycles. The van der Waals surface area contributed by atoms with Crippen molar-refractivity contribution in [1.29, 1.82) is 0 Å². The van der Waals surface area contributed by atoms with Gasteiger partial charge >= 0.3 is 5.97 Å². The molecular weight excluding hydrogens is 326 g/mol. The van der Waals surface area contributed by atoms with Crippen molar-refractivity contribution in [3.63, 3.8) is 0 Å². The lowest BCUT2D eigenvalue weighted by Gasteiger charge is -2.68. The first-order valence-corrected chi connectivity index (χ1v) is 9.22. The van der Waals surface area contributed by atoms with Gasteiger partial charge in [-0.1, -0.05) is 36.8 Å². The predicted octanol–water partition coefficient (Wildman–Crippen LogP) is 2.98. The minimum atomic E-state index is -1.18. The molecule has 6 rings (SSSR count). The zero-order valence-electron chi connectivity index (χ0n) is 13.5. The van der Waals surface area contributed by atoms with Crippen LogP contribution in [-0.4, -0.2) is 33.9 Å². The van der Waals surface area contributed by atoms with Gasteiger partial charge in [-0.2, -0.15) is 0 Å². The predicted molar refractivity (Wildman–Crippen MR) is 88.4 cm³/mol. The van der Waals surface area contributed by atoms with Crippen molar-refractivity contribution in [2.45, 2.75) is 54.5 Å². The molecule has 1 saturated carbocycles. The lowest BCUT2D eigenvalue weighted by Crippen LogP contribution is -2.83. The summed E-state index contributed by atoms with van der Waals surface area (Å²) in [6.45, 7) is 0.631. The number of rotatable bonds is 1. The summed E-state index contributed by atoms with van der Waals surface area (Å²) in [6, 6.07) is 9.40. The number of fused-ring (bicyclic) bond motifs is 1. The van der Waals surface area contributed by atoms with E-state index in [9.17, 15) is 9.59 Å². The van der Waals surface area contributed by atoms with Crippen molar-refractivity contribution in [2.75, 3.05) is 6.54 Å².